The lowest BCUT2D eigenvalue weighted by molar-refractivity contribution is 0.180. The lowest BCUT2D eigenvalue weighted by Gasteiger charge is -2.24. The summed E-state index contributed by atoms with van der Waals surface area (Å²) in [5.41, 5.74) is 8.61. The van der Waals surface area contributed by atoms with Crippen LogP contribution in [0.25, 0.3) is 0 Å². The number of hydrogen-bond acceptors (Lipinski definition) is 3. The average molecular weight is 289 g/mol. The number of thiophene rings is 1. The van der Waals surface area contributed by atoms with Gasteiger partial charge in [-0.1, -0.05) is 32.9 Å². The second-order valence-corrected chi connectivity index (χ2v) is 7.01. The minimum atomic E-state index is -0.100. The van der Waals surface area contributed by atoms with Gasteiger partial charge in [0.05, 0.1) is 0 Å². The summed E-state index contributed by atoms with van der Waals surface area (Å²) < 4.78 is 6.14. The highest BCUT2D eigenvalue weighted by Crippen LogP contribution is 2.30. The first kappa shape index (κ1) is 15.1. The lowest BCUT2D eigenvalue weighted by atomic mass is 9.87. The van der Waals surface area contributed by atoms with Gasteiger partial charge in [-0.3, -0.25) is 0 Å². The molecule has 0 bridgehead atoms. The molecule has 20 heavy (non-hydrogen) atoms. The molecule has 1 heterocycles. The monoisotopic (exact) mass is 289 g/mol. The average Bonchev–Trinajstić information content (AvgIpc) is 2.88. The Labute approximate surface area is 125 Å². The van der Waals surface area contributed by atoms with Crippen molar-refractivity contribution in [2.75, 3.05) is 0 Å². The maximum Gasteiger partial charge on any atom is 0.139 e. The van der Waals surface area contributed by atoms with E-state index in [0.29, 0.717) is 0 Å². The molecule has 0 spiro atoms. The molecule has 0 saturated carbocycles. The van der Waals surface area contributed by atoms with Crippen molar-refractivity contribution in [2.45, 2.75) is 45.3 Å². The van der Waals surface area contributed by atoms with E-state index in [0.717, 1.165) is 11.3 Å². The molecule has 0 amide bonds. The molecule has 2 aromatic rings. The van der Waals surface area contributed by atoms with Crippen molar-refractivity contribution in [1.29, 1.82) is 0 Å². The van der Waals surface area contributed by atoms with Crippen LogP contribution in [0.2, 0.25) is 0 Å². The summed E-state index contributed by atoms with van der Waals surface area (Å²) in [6.07, 6.45) is -0.100. The van der Waals surface area contributed by atoms with Crippen molar-refractivity contribution in [1.82, 2.24) is 0 Å². The molecule has 2 atom stereocenters. The van der Waals surface area contributed by atoms with E-state index in [9.17, 15) is 0 Å². The van der Waals surface area contributed by atoms with Crippen LogP contribution < -0.4 is 10.5 Å². The van der Waals surface area contributed by atoms with Crippen LogP contribution in [0.1, 0.15) is 44.9 Å². The topological polar surface area (TPSA) is 35.2 Å². The quantitative estimate of drug-likeness (QED) is 0.898. The zero-order chi connectivity index (χ0) is 14.8. The lowest BCUT2D eigenvalue weighted by Crippen LogP contribution is -2.28. The number of ether oxygens (including phenoxy) is 1. The second kappa shape index (κ2) is 5.98. The van der Waals surface area contributed by atoms with Gasteiger partial charge in [-0.25, -0.2) is 0 Å². The fourth-order valence-electron chi connectivity index (χ4n) is 2.10. The molecular weight excluding hydrogens is 266 g/mol. The largest absolute Gasteiger partial charge is 0.484 e. The summed E-state index contributed by atoms with van der Waals surface area (Å²) in [6, 6.07) is 10.3. The Balaban J connectivity index is 2.24. The van der Waals surface area contributed by atoms with Crippen molar-refractivity contribution >= 4 is 11.3 Å². The molecule has 3 heteroatoms. The molecule has 108 valence electrons. The summed E-state index contributed by atoms with van der Waals surface area (Å²) in [5.74, 6) is 0.880. The summed E-state index contributed by atoms with van der Waals surface area (Å²) in [5, 5.41) is 4.15. The van der Waals surface area contributed by atoms with Crippen LogP contribution in [0.3, 0.4) is 0 Å². The van der Waals surface area contributed by atoms with Gasteiger partial charge in [0.2, 0.25) is 0 Å². The highest BCUT2D eigenvalue weighted by Gasteiger charge is 2.20. The Morgan fingerprint density at radius 2 is 1.95 bits per heavy atom. The number of nitrogens with two attached hydrogens (primary N) is 1. The van der Waals surface area contributed by atoms with Crippen LogP contribution in [0, 0.1) is 0 Å². The van der Waals surface area contributed by atoms with Crippen LogP contribution in [-0.4, -0.2) is 6.04 Å². The Kier molecular flexibility index (Phi) is 4.51. The van der Waals surface area contributed by atoms with Crippen molar-refractivity contribution in [3.63, 3.8) is 0 Å². The number of rotatable bonds is 4. The molecule has 0 aliphatic rings. The van der Waals surface area contributed by atoms with Gasteiger partial charge in [-0.05, 0) is 46.9 Å². The van der Waals surface area contributed by atoms with E-state index in [4.69, 9.17) is 10.5 Å². The summed E-state index contributed by atoms with van der Waals surface area (Å²) in [4.78, 5) is 0. The first-order valence-electron chi connectivity index (χ1n) is 6.93. The van der Waals surface area contributed by atoms with Gasteiger partial charge in [0.1, 0.15) is 11.9 Å². The first-order chi connectivity index (χ1) is 9.38. The highest BCUT2D eigenvalue weighted by molar-refractivity contribution is 7.07. The molecular formula is C17H23NOS. The molecule has 0 aliphatic carbocycles. The predicted molar refractivity (Wildman–Crippen MR) is 86.5 cm³/mol. The standard InChI is InChI=1S/C17H23NOS/c1-12(18)16(13-8-9-20-11-13)19-15-7-5-6-14(10-15)17(2,3)4/h5-12,16H,18H2,1-4H3. The smallest absolute Gasteiger partial charge is 0.139 e. The van der Waals surface area contributed by atoms with Gasteiger partial charge < -0.3 is 10.5 Å². The van der Waals surface area contributed by atoms with Gasteiger partial charge in [0, 0.05) is 11.6 Å². The van der Waals surface area contributed by atoms with Crippen molar-refractivity contribution in [3.05, 3.63) is 52.2 Å². The van der Waals surface area contributed by atoms with Gasteiger partial charge >= 0.3 is 0 Å². The Bertz CT molecular complexity index is 540. The molecule has 2 N–H and O–H groups in total. The predicted octanol–water partition coefficient (Wildman–Crippen LogP) is 4.51. The third-order valence-electron chi connectivity index (χ3n) is 3.31. The maximum atomic E-state index is 6.14. The maximum absolute atomic E-state index is 6.14. The van der Waals surface area contributed by atoms with Gasteiger partial charge in [0.15, 0.2) is 0 Å². The van der Waals surface area contributed by atoms with Crippen LogP contribution >= 0.6 is 11.3 Å². The highest BCUT2D eigenvalue weighted by atomic mass is 32.1. The molecule has 2 rings (SSSR count). The Morgan fingerprint density at radius 1 is 1.20 bits per heavy atom. The molecule has 2 unspecified atom stereocenters. The molecule has 1 aromatic carbocycles. The third kappa shape index (κ3) is 3.62. The molecule has 1 aromatic heterocycles. The fraction of sp³-hybridized carbons (Fsp3) is 0.412. The van der Waals surface area contributed by atoms with Crippen molar-refractivity contribution in [2.24, 2.45) is 5.73 Å². The van der Waals surface area contributed by atoms with Gasteiger partial charge in [-0.2, -0.15) is 11.3 Å². The summed E-state index contributed by atoms with van der Waals surface area (Å²) >= 11 is 1.67. The van der Waals surface area contributed by atoms with Crippen molar-refractivity contribution < 1.29 is 4.74 Å². The minimum absolute atomic E-state index is 0.0529. The van der Waals surface area contributed by atoms with Gasteiger partial charge in [-0.15, -0.1) is 0 Å². The van der Waals surface area contributed by atoms with E-state index in [-0.39, 0.29) is 17.6 Å². The zero-order valence-corrected chi connectivity index (χ0v) is 13.4. The van der Waals surface area contributed by atoms with E-state index in [1.165, 1.54) is 5.56 Å². The van der Waals surface area contributed by atoms with Crippen LogP contribution in [0.4, 0.5) is 0 Å². The first-order valence-corrected chi connectivity index (χ1v) is 7.87. The SMILES string of the molecule is CC(N)C(Oc1cccc(C(C)(C)C)c1)c1ccsc1. The number of hydrogen-bond donors (Lipinski definition) is 1. The third-order valence-corrected chi connectivity index (χ3v) is 4.01. The van der Waals surface area contributed by atoms with E-state index in [1.54, 1.807) is 11.3 Å². The normalized spacial score (nSPS) is 14.8. The molecule has 0 fully saturated rings. The zero-order valence-electron chi connectivity index (χ0n) is 12.6. The summed E-state index contributed by atoms with van der Waals surface area (Å²) in [6.45, 7) is 8.59. The summed E-state index contributed by atoms with van der Waals surface area (Å²) in [7, 11) is 0. The van der Waals surface area contributed by atoms with Gasteiger partial charge in [0.25, 0.3) is 0 Å². The second-order valence-electron chi connectivity index (χ2n) is 6.23. The number of benzene rings is 1. The van der Waals surface area contributed by atoms with Crippen LogP contribution in [-0.2, 0) is 5.41 Å². The van der Waals surface area contributed by atoms with E-state index >= 15 is 0 Å². The van der Waals surface area contributed by atoms with E-state index < -0.39 is 0 Å². The molecule has 2 nitrogen and oxygen atoms in total. The Hall–Kier alpha value is -1.32. The van der Waals surface area contributed by atoms with E-state index in [2.05, 4.69) is 49.7 Å². The molecule has 0 saturated heterocycles. The van der Waals surface area contributed by atoms with E-state index in [1.807, 2.05) is 19.1 Å². The Morgan fingerprint density at radius 3 is 2.50 bits per heavy atom. The fourth-order valence-corrected chi connectivity index (χ4v) is 2.78. The van der Waals surface area contributed by atoms with Crippen LogP contribution in [0.5, 0.6) is 5.75 Å². The molecule has 0 aliphatic heterocycles. The molecule has 0 radical (unpaired) electrons. The minimum Gasteiger partial charge on any atom is -0.484 e. The van der Waals surface area contributed by atoms with Crippen LogP contribution in [0.15, 0.2) is 41.1 Å². The van der Waals surface area contributed by atoms with Crippen molar-refractivity contribution in [3.8, 4) is 5.75 Å².